The third kappa shape index (κ3) is 2.56. The zero-order valence-corrected chi connectivity index (χ0v) is 8.33. The van der Waals surface area contributed by atoms with Gasteiger partial charge in [-0.2, -0.15) is 13.2 Å². The number of esters is 1. The highest BCUT2D eigenvalue weighted by Gasteiger charge is 2.31. The maximum atomic E-state index is 12.2. The summed E-state index contributed by atoms with van der Waals surface area (Å²) in [7, 11) is 1.12. The van der Waals surface area contributed by atoms with Crippen LogP contribution >= 0.6 is 12.2 Å². The van der Waals surface area contributed by atoms with Gasteiger partial charge in [0.1, 0.15) is 10.3 Å². The molecule has 7 heteroatoms. The summed E-state index contributed by atoms with van der Waals surface area (Å²) < 4.78 is 40.6. The molecule has 0 amide bonds. The summed E-state index contributed by atoms with van der Waals surface area (Å²) in [6, 6.07) is 1.72. The van der Waals surface area contributed by atoms with E-state index in [0.29, 0.717) is 0 Å². The summed E-state index contributed by atoms with van der Waals surface area (Å²) in [5.41, 5.74) is -1.10. The number of aromatic nitrogens is 1. The number of methoxy groups -OCH3 is 1. The molecule has 0 unspecified atom stereocenters. The van der Waals surface area contributed by atoms with Crippen molar-refractivity contribution in [2.24, 2.45) is 0 Å². The number of pyridine rings is 1. The molecule has 0 spiro atoms. The van der Waals surface area contributed by atoms with Gasteiger partial charge in [0.05, 0.1) is 12.7 Å². The van der Waals surface area contributed by atoms with Gasteiger partial charge in [0, 0.05) is 0 Å². The van der Waals surface area contributed by atoms with Gasteiger partial charge in [-0.3, -0.25) is 0 Å². The summed E-state index contributed by atoms with van der Waals surface area (Å²) in [6.45, 7) is 0. The molecule has 15 heavy (non-hydrogen) atoms. The molecule has 3 nitrogen and oxygen atoms in total. The number of carbonyl (C=O) groups is 1. The van der Waals surface area contributed by atoms with Crippen LogP contribution in [0.15, 0.2) is 12.1 Å². The number of carbonyl (C=O) groups excluding carboxylic acids is 1. The zero-order chi connectivity index (χ0) is 11.6. The molecule has 1 aromatic heterocycles. The first-order chi connectivity index (χ1) is 6.86. The molecule has 82 valence electrons. The van der Waals surface area contributed by atoms with Crippen molar-refractivity contribution in [2.75, 3.05) is 7.11 Å². The largest absolute Gasteiger partial charge is 0.465 e. The van der Waals surface area contributed by atoms with Crippen LogP contribution in [0, 0.1) is 4.64 Å². The van der Waals surface area contributed by atoms with Crippen LogP contribution in [0.25, 0.3) is 0 Å². The lowest BCUT2D eigenvalue weighted by atomic mass is 10.2. The number of aromatic amines is 1. The minimum atomic E-state index is -4.51. The number of alkyl halides is 3. The molecule has 0 saturated heterocycles. The SMILES string of the molecule is COC(=O)c1ccc(C(F)(F)F)[nH]c1=S. The summed E-state index contributed by atoms with van der Waals surface area (Å²) >= 11 is 4.59. The normalized spacial score (nSPS) is 11.2. The van der Waals surface area contributed by atoms with Gasteiger partial charge in [0.15, 0.2) is 0 Å². The summed E-state index contributed by atoms with van der Waals surface area (Å²) in [5.74, 6) is -0.773. The van der Waals surface area contributed by atoms with Gasteiger partial charge in [0.2, 0.25) is 0 Å². The number of hydrogen-bond donors (Lipinski definition) is 1. The lowest BCUT2D eigenvalue weighted by Gasteiger charge is -2.07. The van der Waals surface area contributed by atoms with E-state index in [9.17, 15) is 18.0 Å². The maximum absolute atomic E-state index is 12.2. The standard InChI is InChI=1S/C8H6F3NO2S/c1-14-7(13)4-2-3-5(8(9,10)11)12-6(4)15/h2-3H,1H3,(H,12,15). The smallest absolute Gasteiger partial charge is 0.431 e. The van der Waals surface area contributed by atoms with Crippen molar-refractivity contribution in [1.82, 2.24) is 4.98 Å². The van der Waals surface area contributed by atoms with Gasteiger partial charge < -0.3 is 9.72 Å². The van der Waals surface area contributed by atoms with E-state index >= 15 is 0 Å². The fourth-order valence-corrected chi connectivity index (χ4v) is 1.17. The molecule has 0 aliphatic heterocycles. The first kappa shape index (κ1) is 11.7. The van der Waals surface area contributed by atoms with E-state index in [4.69, 9.17) is 0 Å². The molecule has 1 rings (SSSR count). The predicted octanol–water partition coefficient (Wildman–Crippen LogP) is 2.55. The number of rotatable bonds is 1. The molecular weight excluding hydrogens is 231 g/mol. The summed E-state index contributed by atoms with van der Waals surface area (Å²) in [4.78, 5) is 12.9. The van der Waals surface area contributed by atoms with Crippen LogP contribution < -0.4 is 0 Å². The van der Waals surface area contributed by atoms with Gasteiger partial charge in [-0.1, -0.05) is 12.2 Å². The van der Waals surface area contributed by atoms with E-state index in [2.05, 4.69) is 17.0 Å². The van der Waals surface area contributed by atoms with Crippen LogP contribution in [-0.4, -0.2) is 18.1 Å². The van der Waals surface area contributed by atoms with Crippen LogP contribution in [0.1, 0.15) is 16.1 Å². The van der Waals surface area contributed by atoms with Crippen molar-refractivity contribution < 1.29 is 22.7 Å². The van der Waals surface area contributed by atoms with E-state index in [1.54, 1.807) is 0 Å². The van der Waals surface area contributed by atoms with Crippen LogP contribution in [0.5, 0.6) is 0 Å². The van der Waals surface area contributed by atoms with Crippen molar-refractivity contribution in [3.63, 3.8) is 0 Å². The first-order valence-electron chi connectivity index (χ1n) is 3.75. The monoisotopic (exact) mass is 237 g/mol. The Labute approximate surface area is 87.9 Å². The minimum Gasteiger partial charge on any atom is -0.465 e. The second-order valence-electron chi connectivity index (χ2n) is 2.60. The highest BCUT2D eigenvalue weighted by molar-refractivity contribution is 7.71. The zero-order valence-electron chi connectivity index (χ0n) is 7.51. The molecule has 0 fully saturated rings. The number of ether oxygens (including phenoxy) is 1. The lowest BCUT2D eigenvalue weighted by molar-refractivity contribution is -0.141. The van der Waals surface area contributed by atoms with Crippen molar-refractivity contribution in [2.45, 2.75) is 6.18 Å². The van der Waals surface area contributed by atoms with E-state index in [0.717, 1.165) is 19.2 Å². The average molecular weight is 237 g/mol. The summed E-state index contributed by atoms with van der Waals surface area (Å²) in [6.07, 6.45) is -4.51. The topological polar surface area (TPSA) is 42.1 Å². The number of halogens is 3. The van der Waals surface area contributed by atoms with Crippen molar-refractivity contribution >= 4 is 18.2 Å². The summed E-state index contributed by atoms with van der Waals surface area (Å²) in [5, 5.41) is 0. The molecule has 0 aliphatic carbocycles. The highest BCUT2D eigenvalue weighted by atomic mass is 32.1. The second kappa shape index (κ2) is 4.01. The Kier molecular flexibility index (Phi) is 3.13. The Morgan fingerprint density at radius 1 is 1.47 bits per heavy atom. The third-order valence-corrected chi connectivity index (χ3v) is 1.94. The van der Waals surface area contributed by atoms with Gasteiger partial charge in [-0.05, 0) is 12.1 Å². The Morgan fingerprint density at radius 3 is 2.47 bits per heavy atom. The van der Waals surface area contributed by atoms with Gasteiger partial charge in [-0.25, -0.2) is 4.79 Å². The van der Waals surface area contributed by atoms with E-state index in [1.807, 2.05) is 4.98 Å². The highest BCUT2D eigenvalue weighted by Crippen LogP contribution is 2.27. The number of hydrogen-bond acceptors (Lipinski definition) is 3. The number of nitrogens with one attached hydrogen (secondary N) is 1. The molecule has 0 bridgehead atoms. The van der Waals surface area contributed by atoms with Crippen LogP contribution in [0.4, 0.5) is 13.2 Å². The van der Waals surface area contributed by atoms with E-state index in [-0.39, 0.29) is 10.2 Å². The molecule has 1 aromatic rings. The molecule has 1 N–H and O–H groups in total. The quantitative estimate of drug-likeness (QED) is 0.603. The maximum Gasteiger partial charge on any atom is 0.431 e. The molecule has 0 atom stereocenters. The van der Waals surface area contributed by atoms with Crippen molar-refractivity contribution in [3.05, 3.63) is 28.0 Å². The minimum absolute atomic E-state index is 0.0968. The van der Waals surface area contributed by atoms with Gasteiger partial charge in [-0.15, -0.1) is 0 Å². The van der Waals surface area contributed by atoms with Gasteiger partial charge >= 0.3 is 12.1 Å². The van der Waals surface area contributed by atoms with Crippen LogP contribution in [-0.2, 0) is 10.9 Å². The third-order valence-electron chi connectivity index (χ3n) is 1.62. The Balaban J connectivity index is 3.21. The Hall–Kier alpha value is -1.37. The fourth-order valence-electron chi connectivity index (χ4n) is 0.910. The van der Waals surface area contributed by atoms with E-state index in [1.165, 1.54) is 0 Å². The first-order valence-corrected chi connectivity index (χ1v) is 4.16. The Morgan fingerprint density at radius 2 is 2.07 bits per heavy atom. The van der Waals surface area contributed by atoms with E-state index < -0.39 is 17.8 Å². The number of H-pyrrole nitrogens is 1. The molecule has 0 saturated carbocycles. The Bertz CT molecular complexity index is 438. The van der Waals surface area contributed by atoms with Crippen LogP contribution in [0.3, 0.4) is 0 Å². The van der Waals surface area contributed by atoms with Crippen molar-refractivity contribution in [1.29, 1.82) is 0 Å². The molecule has 0 aromatic carbocycles. The van der Waals surface area contributed by atoms with Crippen LogP contribution in [0.2, 0.25) is 0 Å². The molecular formula is C8H6F3NO2S. The molecule has 0 aliphatic rings. The lowest BCUT2D eigenvalue weighted by Crippen LogP contribution is -2.10. The van der Waals surface area contributed by atoms with Crippen molar-refractivity contribution in [3.8, 4) is 0 Å². The molecule has 0 radical (unpaired) electrons. The van der Waals surface area contributed by atoms with Gasteiger partial charge in [0.25, 0.3) is 0 Å². The predicted molar refractivity (Wildman–Crippen MR) is 48.0 cm³/mol. The fraction of sp³-hybridized carbons (Fsp3) is 0.250. The average Bonchev–Trinajstić information content (AvgIpc) is 2.15. The second-order valence-corrected chi connectivity index (χ2v) is 3.01. The molecule has 1 heterocycles.